The van der Waals surface area contributed by atoms with Gasteiger partial charge in [0.2, 0.25) is 11.7 Å². The smallest absolute Gasteiger partial charge is 0.234 e. The Morgan fingerprint density at radius 2 is 2.11 bits per heavy atom. The molecule has 1 aromatic heterocycles. The largest absolute Gasteiger partial charge is 0.496 e. The van der Waals surface area contributed by atoms with Crippen molar-refractivity contribution in [2.45, 2.75) is 20.3 Å². The summed E-state index contributed by atoms with van der Waals surface area (Å²) < 4.78 is 10.3. The number of ether oxygens (including phenoxy) is 1. The molecule has 5 nitrogen and oxygen atoms in total. The fourth-order valence-electron chi connectivity index (χ4n) is 1.62. The van der Waals surface area contributed by atoms with Crippen molar-refractivity contribution in [2.24, 2.45) is 5.92 Å². The molecule has 1 heterocycles. The minimum Gasteiger partial charge on any atom is -0.496 e. The number of rotatable bonds is 5. The highest BCUT2D eigenvalue weighted by molar-refractivity contribution is 5.81. The Morgan fingerprint density at radius 3 is 2.79 bits per heavy atom. The zero-order valence-corrected chi connectivity index (χ0v) is 11.2. The average molecular weight is 260 g/mol. The zero-order chi connectivity index (χ0) is 13.8. The van der Waals surface area contributed by atoms with Gasteiger partial charge in [0.1, 0.15) is 11.5 Å². The minimum absolute atomic E-state index is 0.0402. The van der Waals surface area contributed by atoms with Gasteiger partial charge in [-0.2, -0.15) is 4.98 Å². The number of Topliss-reactive ketones (excluding diaryl/α,β-unsaturated/α-hetero) is 1. The van der Waals surface area contributed by atoms with E-state index in [1.54, 1.807) is 7.11 Å². The second kappa shape index (κ2) is 5.65. The van der Waals surface area contributed by atoms with Gasteiger partial charge in [-0.25, -0.2) is 0 Å². The molecule has 2 rings (SSSR count). The molecule has 0 N–H and O–H groups in total. The minimum atomic E-state index is -0.0402. The summed E-state index contributed by atoms with van der Waals surface area (Å²) in [5, 5.41) is 3.89. The van der Waals surface area contributed by atoms with Crippen LogP contribution in [-0.4, -0.2) is 23.0 Å². The molecule has 0 aliphatic heterocycles. The third-order valence-corrected chi connectivity index (χ3v) is 2.79. The van der Waals surface area contributed by atoms with Gasteiger partial charge in [0.15, 0.2) is 0 Å². The monoisotopic (exact) mass is 260 g/mol. The Hall–Kier alpha value is -2.17. The fourth-order valence-corrected chi connectivity index (χ4v) is 1.62. The van der Waals surface area contributed by atoms with Crippen molar-refractivity contribution in [3.05, 3.63) is 30.2 Å². The first kappa shape index (κ1) is 13.3. The van der Waals surface area contributed by atoms with Crippen LogP contribution in [0, 0.1) is 5.92 Å². The van der Waals surface area contributed by atoms with Crippen LogP contribution in [0.5, 0.6) is 5.75 Å². The van der Waals surface area contributed by atoms with Gasteiger partial charge in [0.05, 0.1) is 19.1 Å². The van der Waals surface area contributed by atoms with Gasteiger partial charge < -0.3 is 9.26 Å². The predicted octanol–water partition coefficient (Wildman–Crippen LogP) is 2.51. The van der Waals surface area contributed by atoms with E-state index in [4.69, 9.17) is 9.26 Å². The fraction of sp³-hybridized carbons (Fsp3) is 0.357. The third kappa shape index (κ3) is 2.99. The Balaban J connectivity index is 2.23. The summed E-state index contributed by atoms with van der Waals surface area (Å²) in [6, 6.07) is 7.40. The summed E-state index contributed by atoms with van der Waals surface area (Å²) >= 11 is 0. The van der Waals surface area contributed by atoms with Gasteiger partial charge in [-0.3, -0.25) is 4.79 Å². The van der Waals surface area contributed by atoms with Crippen LogP contribution >= 0.6 is 0 Å². The predicted molar refractivity (Wildman–Crippen MR) is 69.8 cm³/mol. The number of nitrogens with zero attached hydrogens (tertiary/aromatic N) is 2. The molecule has 5 heteroatoms. The third-order valence-electron chi connectivity index (χ3n) is 2.79. The zero-order valence-electron chi connectivity index (χ0n) is 11.2. The molecular weight excluding hydrogens is 244 g/mol. The van der Waals surface area contributed by atoms with E-state index in [1.165, 1.54) is 0 Å². The molecular formula is C14H16N2O3. The number of aromatic nitrogens is 2. The standard InChI is InChI=1S/C14H16N2O3/c1-9(2)11(17)8-13-15-14(16-19-13)10-6-4-5-7-12(10)18-3/h4-7,9H,8H2,1-3H3. The highest BCUT2D eigenvalue weighted by Gasteiger charge is 2.16. The van der Waals surface area contributed by atoms with E-state index in [-0.39, 0.29) is 18.1 Å². The Bertz CT molecular complexity index is 576. The topological polar surface area (TPSA) is 65.2 Å². The molecule has 0 spiro atoms. The molecule has 0 saturated heterocycles. The molecule has 0 fully saturated rings. The van der Waals surface area contributed by atoms with Crippen LogP contribution in [0.4, 0.5) is 0 Å². The first-order chi connectivity index (χ1) is 9.11. The van der Waals surface area contributed by atoms with Crippen LogP contribution in [0.1, 0.15) is 19.7 Å². The summed E-state index contributed by atoms with van der Waals surface area (Å²) in [5.41, 5.74) is 0.747. The van der Waals surface area contributed by atoms with Crippen molar-refractivity contribution in [1.82, 2.24) is 10.1 Å². The van der Waals surface area contributed by atoms with Gasteiger partial charge in [-0.15, -0.1) is 0 Å². The molecule has 0 bridgehead atoms. The molecule has 2 aromatic rings. The normalized spacial score (nSPS) is 10.7. The van der Waals surface area contributed by atoms with Crippen LogP contribution in [0.3, 0.4) is 0 Å². The summed E-state index contributed by atoms with van der Waals surface area (Å²) in [5.74, 6) is 1.48. The van der Waals surface area contributed by atoms with E-state index in [2.05, 4.69) is 10.1 Å². The summed E-state index contributed by atoms with van der Waals surface area (Å²) in [7, 11) is 1.59. The molecule has 0 radical (unpaired) electrons. The number of methoxy groups -OCH3 is 1. The second-order valence-corrected chi connectivity index (χ2v) is 4.51. The van der Waals surface area contributed by atoms with Crippen molar-refractivity contribution < 1.29 is 14.1 Å². The average Bonchev–Trinajstić information content (AvgIpc) is 2.86. The lowest BCUT2D eigenvalue weighted by Gasteiger charge is -2.03. The molecule has 0 aliphatic carbocycles. The van der Waals surface area contributed by atoms with Gasteiger partial charge in [0, 0.05) is 5.92 Å². The summed E-state index contributed by atoms with van der Waals surface area (Å²) in [4.78, 5) is 15.9. The van der Waals surface area contributed by atoms with Crippen molar-refractivity contribution in [3.8, 4) is 17.1 Å². The van der Waals surface area contributed by atoms with Crippen LogP contribution in [0.15, 0.2) is 28.8 Å². The second-order valence-electron chi connectivity index (χ2n) is 4.51. The van der Waals surface area contributed by atoms with Crippen molar-refractivity contribution in [2.75, 3.05) is 7.11 Å². The summed E-state index contributed by atoms with van der Waals surface area (Å²) in [6.07, 6.45) is 0.166. The Kier molecular flexibility index (Phi) is 3.94. The van der Waals surface area contributed by atoms with Crippen LogP contribution in [0.2, 0.25) is 0 Å². The van der Waals surface area contributed by atoms with E-state index in [9.17, 15) is 4.79 Å². The van der Waals surface area contributed by atoms with E-state index < -0.39 is 0 Å². The van der Waals surface area contributed by atoms with Gasteiger partial charge >= 0.3 is 0 Å². The van der Waals surface area contributed by atoms with Crippen LogP contribution in [0.25, 0.3) is 11.4 Å². The number of carbonyl (C=O) groups excluding carboxylic acids is 1. The summed E-state index contributed by atoms with van der Waals surface area (Å²) in [6.45, 7) is 3.69. The van der Waals surface area contributed by atoms with Crippen molar-refractivity contribution in [1.29, 1.82) is 0 Å². The van der Waals surface area contributed by atoms with E-state index >= 15 is 0 Å². The number of hydrogen-bond acceptors (Lipinski definition) is 5. The molecule has 0 unspecified atom stereocenters. The maximum absolute atomic E-state index is 11.6. The molecule has 100 valence electrons. The maximum Gasteiger partial charge on any atom is 0.234 e. The maximum atomic E-state index is 11.6. The quantitative estimate of drug-likeness (QED) is 0.826. The molecule has 0 aliphatic rings. The number of hydrogen-bond donors (Lipinski definition) is 0. The van der Waals surface area contributed by atoms with Gasteiger partial charge in [0.25, 0.3) is 0 Å². The molecule has 1 aromatic carbocycles. The van der Waals surface area contributed by atoms with Crippen LogP contribution in [-0.2, 0) is 11.2 Å². The Labute approximate surface area is 111 Å². The molecule has 19 heavy (non-hydrogen) atoms. The van der Waals surface area contributed by atoms with E-state index in [1.807, 2.05) is 38.1 Å². The Morgan fingerprint density at radius 1 is 1.37 bits per heavy atom. The lowest BCUT2D eigenvalue weighted by molar-refractivity contribution is -0.121. The van der Waals surface area contributed by atoms with Gasteiger partial charge in [-0.05, 0) is 12.1 Å². The first-order valence-electron chi connectivity index (χ1n) is 6.10. The number of para-hydroxylation sites is 1. The lowest BCUT2D eigenvalue weighted by atomic mass is 10.1. The number of ketones is 1. The van der Waals surface area contributed by atoms with Crippen LogP contribution < -0.4 is 4.74 Å². The number of carbonyl (C=O) groups is 1. The van der Waals surface area contributed by atoms with Crippen molar-refractivity contribution >= 4 is 5.78 Å². The van der Waals surface area contributed by atoms with Gasteiger partial charge in [-0.1, -0.05) is 31.1 Å². The SMILES string of the molecule is COc1ccccc1-c1noc(CC(=O)C(C)C)n1. The van der Waals surface area contributed by atoms with E-state index in [0.717, 1.165) is 5.56 Å². The van der Waals surface area contributed by atoms with Crippen molar-refractivity contribution in [3.63, 3.8) is 0 Å². The molecule has 0 saturated carbocycles. The van der Waals surface area contributed by atoms with E-state index in [0.29, 0.717) is 17.5 Å². The molecule has 0 amide bonds. The highest BCUT2D eigenvalue weighted by atomic mass is 16.5. The number of benzene rings is 1. The molecule has 0 atom stereocenters. The first-order valence-corrected chi connectivity index (χ1v) is 6.10. The highest BCUT2D eigenvalue weighted by Crippen LogP contribution is 2.27. The lowest BCUT2D eigenvalue weighted by Crippen LogP contribution is -2.10.